The molecular weight excluding hydrogens is 244 g/mol. The van der Waals surface area contributed by atoms with E-state index in [2.05, 4.69) is 22.4 Å². The van der Waals surface area contributed by atoms with Crippen molar-refractivity contribution < 1.29 is 4.79 Å². The molecular formula is C14H14N2OS. The van der Waals surface area contributed by atoms with Gasteiger partial charge in [-0.05, 0) is 17.9 Å². The Morgan fingerprint density at radius 1 is 1.28 bits per heavy atom. The van der Waals surface area contributed by atoms with Crippen molar-refractivity contribution in [3.63, 3.8) is 0 Å². The van der Waals surface area contributed by atoms with Crippen LogP contribution in [0.5, 0.6) is 0 Å². The van der Waals surface area contributed by atoms with Crippen molar-refractivity contribution in [1.82, 2.24) is 4.98 Å². The van der Waals surface area contributed by atoms with Crippen LogP contribution in [0, 0.1) is 0 Å². The summed E-state index contributed by atoms with van der Waals surface area (Å²) >= 11 is 1.47. The normalized spacial score (nSPS) is 18.5. The van der Waals surface area contributed by atoms with E-state index in [0.717, 1.165) is 22.1 Å². The summed E-state index contributed by atoms with van der Waals surface area (Å²) in [5.74, 6) is 0.502. The van der Waals surface area contributed by atoms with Crippen molar-refractivity contribution in [2.45, 2.75) is 18.8 Å². The fraction of sp³-hybridized carbons (Fsp3) is 0.286. The molecule has 0 saturated carbocycles. The molecule has 0 radical (unpaired) electrons. The van der Waals surface area contributed by atoms with Crippen LogP contribution in [0.4, 0.5) is 5.13 Å². The molecule has 0 bridgehead atoms. The number of carbonyl (C=O) groups excluding carboxylic acids is 1. The SMILES string of the molecule is CNc1nc2c(s1)C(=O)CC(c1ccccc1)C2. The number of carbonyl (C=O) groups is 1. The lowest BCUT2D eigenvalue weighted by Crippen LogP contribution is -2.17. The quantitative estimate of drug-likeness (QED) is 0.900. The molecule has 3 rings (SSSR count). The smallest absolute Gasteiger partial charge is 0.183 e. The van der Waals surface area contributed by atoms with Gasteiger partial charge in [-0.1, -0.05) is 41.7 Å². The largest absolute Gasteiger partial charge is 0.365 e. The molecule has 1 aromatic heterocycles. The lowest BCUT2D eigenvalue weighted by Gasteiger charge is -2.20. The minimum atomic E-state index is 0.226. The number of aromatic nitrogens is 1. The Morgan fingerprint density at radius 2 is 2.06 bits per heavy atom. The van der Waals surface area contributed by atoms with Crippen molar-refractivity contribution in [1.29, 1.82) is 0 Å². The van der Waals surface area contributed by atoms with Gasteiger partial charge in [0.25, 0.3) is 0 Å². The summed E-state index contributed by atoms with van der Waals surface area (Å²) in [5.41, 5.74) is 2.19. The summed E-state index contributed by atoms with van der Waals surface area (Å²) in [6, 6.07) is 10.2. The van der Waals surface area contributed by atoms with E-state index < -0.39 is 0 Å². The van der Waals surface area contributed by atoms with Crippen LogP contribution in [0.2, 0.25) is 0 Å². The van der Waals surface area contributed by atoms with Gasteiger partial charge in [0.2, 0.25) is 0 Å². The molecule has 92 valence electrons. The molecule has 0 spiro atoms. The average Bonchev–Trinajstić information content (AvgIpc) is 2.83. The van der Waals surface area contributed by atoms with E-state index in [1.54, 1.807) is 0 Å². The Bertz CT molecular complexity index is 577. The van der Waals surface area contributed by atoms with E-state index in [0.29, 0.717) is 6.42 Å². The predicted molar refractivity (Wildman–Crippen MR) is 73.5 cm³/mol. The van der Waals surface area contributed by atoms with E-state index in [4.69, 9.17) is 0 Å². The van der Waals surface area contributed by atoms with Gasteiger partial charge in [0.15, 0.2) is 10.9 Å². The van der Waals surface area contributed by atoms with Crippen LogP contribution >= 0.6 is 11.3 Å². The average molecular weight is 258 g/mol. The molecule has 1 heterocycles. The number of nitrogens with zero attached hydrogens (tertiary/aromatic N) is 1. The summed E-state index contributed by atoms with van der Waals surface area (Å²) in [5, 5.41) is 3.85. The van der Waals surface area contributed by atoms with Crippen molar-refractivity contribution in [3.8, 4) is 0 Å². The molecule has 1 atom stereocenters. The lowest BCUT2D eigenvalue weighted by molar-refractivity contribution is 0.0968. The van der Waals surface area contributed by atoms with Gasteiger partial charge in [-0.15, -0.1) is 0 Å². The van der Waals surface area contributed by atoms with E-state index >= 15 is 0 Å². The zero-order valence-corrected chi connectivity index (χ0v) is 11.0. The van der Waals surface area contributed by atoms with Crippen molar-refractivity contribution in [3.05, 3.63) is 46.5 Å². The van der Waals surface area contributed by atoms with Crippen LogP contribution in [0.1, 0.15) is 33.3 Å². The van der Waals surface area contributed by atoms with E-state index in [1.807, 2.05) is 25.2 Å². The molecule has 2 aromatic rings. The first-order valence-corrected chi connectivity index (χ1v) is 6.85. The highest BCUT2D eigenvalue weighted by Gasteiger charge is 2.29. The maximum atomic E-state index is 12.1. The molecule has 1 aliphatic rings. The number of anilines is 1. The summed E-state index contributed by atoms with van der Waals surface area (Å²) in [4.78, 5) is 17.5. The van der Waals surface area contributed by atoms with Gasteiger partial charge in [0.1, 0.15) is 0 Å². The van der Waals surface area contributed by atoms with Gasteiger partial charge in [0.05, 0.1) is 10.6 Å². The molecule has 18 heavy (non-hydrogen) atoms. The molecule has 1 aliphatic carbocycles. The summed E-state index contributed by atoms with van der Waals surface area (Å²) < 4.78 is 0. The molecule has 1 N–H and O–H groups in total. The highest BCUT2D eigenvalue weighted by molar-refractivity contribution is 7.17. The third kappa shape index (κ3) is 1.93. The minimum absolute atomic E-state index is 0.226. The first-order chi connectivity index (χ1) is 8.78. The van der Waals surface area contributed by atoms with E-state index in [9.17, 15) is 4.79 Å². The Labute approximate surface area is 110 Å². The summed E-state index contributed by atoms with van der Waals surface area (Å²) in [7, 11) is 1.84. The second-order valence-corrected chi connectivity index (χ2v) is 5.48. The fourth-order valence-corrected chi connectivity index (χ4v) is 3.29. The standard InChI is InChI=1S/C14H14N2OS/c1-15-14-16-11-7-10(8-12(17)13(11)18-14)9-5-3-2-4-6-9/h2-6,10H,7-8H2,1H3,(H,15,16). The van der Waals surface area contributed by atoms with Crippen LogP contribution in [-0.4, -0.2) is 17.8 Å². The highest BCUT2D eigenvalue weighted by atomic mass is 32.1. The topological polar surface area (TPSA) is 42.0 Å². The number of fused-ring (bicyclic) bond motifs is 1. The zero-order valence-electron chi connectivity index (χ0n) is 10.1. The first-order valence-electron chi connectivity index (χ1n) is 6.03. The van der Waals surface area contributed by atoms with Crippen LogP contribution in [-0.2, 0) is 6.42 Å². The van der Waals surface area contributed by atoms with Gasteiger partial charge in [-0.3, -0.25) is 4.79 Å². The second kappa shape index (κ2) is 4.53. The van der Waals surface area contributed by atoms with Gasteiger partial charge >= 0.3 is 0 Å². The maximum absolute atomic E-state index is 12.1. The van der Waals surface area contributed by atoms with Gasteiger partial charge in [0, 0.05) is 13.5 Å². The number of Topliss-reactive ketones (excluding diaryl/α,β-unsaturated/α-hetero) is 1. The number of hydrogen-bond acceptors (Lipinski definition) is 4. The Morgan fingerprint density at radius 3 is 2.78 bits per heavy atom. The Hall–Kier alpha value is -1.68. The summed E-state index contributed by atoms with van der Waals surface area (Å²) in [6.45, 7) is 0. The van der Waals surface area contributed by atoms with E-state index in [1.165, 1.54) is 16.9 Å². The van der Waals surface area contributed by atoms with Gasteiger partial charge in [-0.25, -0.2) is 4.98 Å². The lowest BCUT2D eigenvalue weighted by atomic mass is 9.85. The number of benzene rings is 1. The Kier molecular flexibility index (Phi) is 2.88. The van der Waals surface area contributed by atoms with Gasteiger partial charge < -0.3 is 5.32 Å². The van der Waals surface area contributed by atoms with Crippen LogP contribution < -0.4 is 5.32 Å². The van der Waals surface area contributed by atoms with Crippen LogP contribution in [0.25, 0.3) is 0 Å². The summed E-state index contributed by atoms with van der Waals surface area (Å²) in [6.07, 6.45) is 1.46. The number of thiazole rings is 1. The Balaban J connectivity index is 1.94. The number of hydrogen-bond donors (Lipinski definition) is 1. The van der Waals surface area contributed by atoms with Crippen LogP contribution in [0.15, 0.2) is 30.3 Å². The molecule has 4 heteroatoms. The first kappa shape index (κ1) is 11.4. The second-order valence-electron chi connectivity index (χ2n) is 4.48. The third-order valence-electron chi connectivity index (χ3n) is 3.31. The van der Waals surface area contributed by atoms with Crippen LogP contribution in [0.3, 0.4) is 0 Å². The third-order valence-corrected chi connectivity index (χ3v) is 4.46. The van der Waals surface area contributed by atoms with Gasteiger partial charge in [-0.2, -0.15) is 0 Å². The molecule has 0 amide bonds. The number of rotatable bonds is 2. The molecule has 0 fully saturated rings. The van der Waals surface area contributed by atoms with Crippen molar-refractivity contribution in [2.75, 3.05) is 12.4 Å². The minimum Gasteiger partial charge on any atom is -0.365 e. The number of nitrogens with one attached hydrogen (secondary N) is 1. The predicted octanol–water partition coefficient (Wildman–Crippen LogP) is 3.10. The number of ketones is 1. The monoisotopic (exact) mass is 258 g/mol. The zero-order chi connectivity index (χ0) is 12.5. The maximum Gasteiger partial charge on any atom is 0.183 e. The molecule has 0 aliphatic heterocycles. The molecule has 0 saturated heterocycles. The molecule has 1 unspecified atom stereocenters. The van der Waals surface area contributed by atoms with Crippen molar-refractivity contribution >= 4 is 22.3 Å². The van der Waals surface area contributed by atoms with Crippen molar-refractivity contribution in [2.24, 2.45) is 0 Å². The fourth-order valence-electron chi connectivity index (χ4n) is 2.40. The van der Waals surface area contributed by atoms with E-state index in [-0.39, 0.29) is 11.7 Å². The molecule has 1 aromatic carbocycles. The highest BCUT2D eigenvalue weighted by Crippen LogP contribution is 2.36. The molecule has 3 nitrogen and oxygen atoms in total.